The lowest BCUT2D eigenvalue weighted by Crippen LogP contribution is -2.50. The van der Waals surface area contributed by atoms with Crippen molar-refractivity contribution in [1.82, 2.24) is 20.9 Å². The van der Waals surface area contributed by atoms with E-state index >= 15 is 0 Å². The zero-order chi connectivity index (χ0) is 23.9. The molecule has 176 valence electrons. The first kappa shape index (κ1) is 23.2. The zero-order valence-electron chi connectivity index (χ0n) is 18.8. The summed E-state index contributed by atoms with van der Waals surface area (Å²) in [7, 11) is 0. The number of guanidine groups is 1. The van der Waals surface area contributed by atoms with Crippen LogP contribution in [0.1, 0.15) is 18.4 Å². The topological polar surface area (TPSA) is 145 Å². The van der Waals surface area contributed by atoms with E-state index < -0.39 is 12.1 Å². The Hall–Kier alpha value is -3.98. The summed E-state index contributed by atoms with van der Waals surface area (Å²) in [5.41, 5.74) is 7.91. The highest BCUT2D eigenvalue weighted by Crippen LogP contribution is 2.17. The number of carbonyl (C=O) groups is 2. The van der Waals surface area contributed by atoms with E-state index in [2.05, 4.69) is 26.3 Å². The first-order chi connectivity index (χ1) is 16.5. The van der Waals surface area contributed by atoms with Gasteiger partial charge in [-0.25, -0.2) is 0 Å². The van der Waals surface area contributed by atoms with Crippen molar-refractivity contribution < 1.29 is 9.59 Å². The fourth-order valence-electron chi connectivity index (χ4n) is 4.13. The molecule has 7 N–H and O–H groups in total. The maximum absolute atomic E-state index is 13.2. The lowest BCUT2D eigenvalue weighted by Gasteiger charge is -2.21. The molecule has 2 aromatic carbocycles. The first-order valence-electron chi connectivity index (χ1n) is 11.3. The number of aryl methyl sites for hydroxylation is 1. The molecular formula is C25H29N7O2. The predicted octanol–water partition coefficient (Wildman–Crippen LogP) is 1.50. The normalized spacial score (nSPS) is 18.2. The van der Waals surface area contributed by atoms with E-state index in [1.54, 1.807) is 6.20 Å². The van der Waals surface area contributed by atoms with E-state index in [-0.39, 0.29) is 23.8 Å². The zero-order valence-corrected chi connectivity index (χ0v) is 18.8. The van der Waals surface area contributed by atoms with Crippen molar-refractivity contribution in [3.05, 3.63) is 72.4 Å². The minimum atomic E-state index is -0.721. The number of para-hydroxylation sites is 1. The molecule has 0 spiro atoms. The number of hydrogen-bond acceptors (Lipinski definition) is 5. The monoisotopic (exact) mass is 459 g/mol. The average Bonchev–Trinajstić information content (AvgIpc) is 3.30. The minimum absolute atomic E-state index is 0.103. The number of carbonyl (C=O) groups excluding carboxylic acids is 2. The molecule has 9 heteroatoms. The number of nitrogens with one attached hydrogen (secondary N) is 5. The molecule has 4 rings (SSSR count). The fraction of sp³-hybridized carbons (Fsp3) is 0.280. The quantitative estimate of drug-likeness (QED) is 0.222. The maximum atomic E-state index is 13.2. The van der Waals surface area contributed by atoms with Crippen molar-refractivity contribution in [2.75, 3.05) is 11.9 Å². The Morgan fingerprint density at radius 2 is 1.91 bits per heavy atom. The van der Waals surface area contributed by atoms with E-state index in [1.165, 1.54) is 0 Å². The second-order valence-corrected chi connectivity index (χ2v) is 8.44. The van der Waals surface area contributed by atoms with Crippen LogP contribution in [0.4, 0.5) is 5.69 Å². The first-order valence-corrected chi connectivity index (χ1v) is 11.3. The second-order valence-electron chi connectivity index (χ2n) is 8.44. The van der Waals surface area contributed by atoms with Crippen molar-refractivity contribution in [2.45, 2.75) is 37.4 Å². The van der Waals surface area contributed by atoms with Gasteiger partial charge in [-0.15, -0.1) is 0 Å². The van der Waals surface area contributed by atoms with Crippen LogP contribution in [0, 0.1) is 5.41 Å². The molecular weight excluding hydrogens is 430 g/mol. The van der Waals surface area contributed by atoms with Crippen LogP contribution >= 0.6 is 0 Å². The highest BCUT2D eigenvalue weighted by Gasteiger charge is 2.32. The number of nitrogens with two attached hydrogens (primary N) is 1. The fourth-order valence-corrected chi connectivity index (χ4v) is 4.13. The largest absolute Gasteiger partial charge is 0.370 e. The highest BCUT2D eigenvalue weighted by molar-refractivity contribution is 5.99. The van der Waals surface area contributed by atoms with Gasteiger partial charge in [-0.1, -0.05) is 48.5 Å². The van der Waals surface area contributed by atoms with Crippen molar-refractivity contribution in [3.63, 3.8) is 0 Å². The van der Waals surface area contributed by atoms with Gasteiger partial charge in [0.1, 0.15) is 6.04 Å². The van der Waals surface area contributed by atoms with Crippen LogP contribution in [0.5, 0.6) is 0 Å². The number of amides is 2. The van der Waals surface area contributed by atoms with Gasteiger partial charge >= 0.3 is 0 Å². The Balaban J connectivity index is 1.44. The summed E-state index contributed by atoms with van der Waals surface area (Å²) in [6.07, 6.45) is 3.19. The Kier molecular flexibility index (Phi) is 7.34. The molecule has 0 unspecified atom stereocenters. The van der Waals surface area contributed by atoms with Crippen LogP contribution in [0.25, 0.3) is 10.9 Å². The molecule has 2 amide bonds. The molecule has 3 aromatic rings. The van der Waals surface area contributed by atoms with Gasteiger partial charge in [0.15, 0.2) is 5.96 Å². The van der Waals surface area contributed by atoms with Gasteiger partial charge in [0.25, 0.3) is 0 Å². The van der Waals surface area contributed by atoms with Gasteiger partial charge in [0, 0.05) is 18.0 Å². The van der Waals surface area contributed by atoms with Gasteiger partial charge in [-0.2, -0.15) is 0 Å². The third kappa shape index (κ3) is 6.08. The third-order valence-electron chi connectivity index (χ3n) is 5.86. The Morgan fingerprint density at radius 3 is 2.71 bits per heavy atom. The molecule has 1 fully saturated rings. The Morgan fingerprint density at radius 1 is 1.15 bits per heavy atom. The van der Waals surface area contributed by atoms with Crippen LogP contribution in [0.3, 0.4) is 0 Å². The van der Waals surface area contributed by atoms with E-state index in [1.807, 2.05) is 60.7 Å². The number of aromatic nitrogens is 1. The molecule has 0 aliphatic carbocycles. The Bertz CT molecular complexity index is 1170. The van der Waals surface area contributed by atoms with E-state index in [9.17, 15) is 9.59 Å². The summed E-state index contributed by atoms with van der Waals surface area (Å²) in [6, 6.07) is 18.1. The van der Waals surface area contributed by atoms with Crippen molar-refractivity contribution in [2.24, 2.45) is 5.73 Å². The summed E-state index contributed by atoms with van der Waals surface area (Å²) in [6.45, 7) is 0.515. The predicted molar refractivity (Wildman–Crippen MR) is 132 cm³/mol. The molecule has 0 saturated carbocycles. The number of hydrogen-bond donors (Lipinski definition) is 6. The minimum Gasteiger partial charge on any atom is -0.370 e. The van der Waals surface area contributed by atoms with Gasteiger partial charge in [0.2, 0.25) is 11.8 Å². The van der Waals surface area contributed by atoms with Gasteiger partial charge in [-0.05, 0) is 37.0 Å². The summed E-state index contributed by atoms with van der Waals surface area (Å²) >= 11 is 0. The van der Waals surface area contributed by atoms with Crippen molar-refractivity contribution in [1.29, 1.82) is 5.41 Å². The standard InChI is InChI=1S/C25H29N7O2/c26-25(27)31-19-13-22(29-15-19)24(34)32-21(11-10-16-6-2-1-3-7-16)23(33)30-18-12-17-8-4-5-9-20(17)28-14-18/h1-9,12,14,19,21-22,29H,10-11,13,15H2,(H,30,33)(H,32,34)(H4,26,27,31)/t19-,21-,22+/m1/s1. The van der Waals surface area contributed by atoms with Crippen molar-refractivity contribution >= 4 is 34.4 Å². The lowest BCUT2D eigenvalue weighted by atomic mass is 10.0. The van der Waals surface area contributed by atoms with E-state index in [0.29, 0.717) is 31.5 Å². The summed E-state index contributed by atoms with van der Waals surface area (Å²) in [5, 5.41) is 20.1. The number of nitrogens with zero attached hydrogens (tertiary/aromatic N) is 1. The Labute approximate surface area is 198 Å². The molecule has 1 aliphatic rings. The smallest absolute Gasteiger partial charge is 0.247 e. The summed E-state index contributed by atoms with van der Waals surface area (Å²) in [5.74, 6) is -0.674. The van der Waals surface area contributed by atoms with Crippen LogP contribution in [-0.4, -0.2) is 47.4 Å². The van der Waals surface area contributed by atoms with Crippen LogP contribution < -0.4 is 27.0 Å². The number of benzene rings is 2. The maximum Gasteiger partial charge on any atom is 0.247 e. The average molecular weight is 460 g/mol. The molecule has 34 heavy (non-hydrogen) atoms. The number of pyridine rings is 1. The number of fused-ring (bicyclic) bond motifs is 1. The molecule has 0 bridgehead atoms. The highest BCUT2D eigenvalue weighted by atomic mass is 16.2. The molecule has 1 aliphatic heterocycles. The van der Waals surface area contributed by atoms with Crippen LogP contribution in [-0.2, 0) is 16.0 Å². The van der Waals surface area contributed by atoms with E-state index in [0.717, 1.165) is 16.5 Å². The third-order valence-corrected chi connectivity index (χ3v) is 5.86. The molecule has 2 heterocycles. The number of anilines is 1. The van der Waals surface area contributed by atoms with Gasteiger partial charge < -0.3 is 27.0 Å². The van der Waals surface area contributed by atoms with E-state index in [4.69, 9.17) is 11.1 Å². The summed E-state index contributed by atoms with van der Waals surface area (Å²) < 4.78 is 0. The lowest BCUT2D eigenvalue weighted by molar-refractivity contribution is -0.127. The number of rotatable bonds is 8. The van der Waals surface area contributed by atoms with Gasteiger partial charge in [0.05, 0.1) is 23.4 Å². The van der Waals surface area contributed by atoms with Crippen LogP contribution in [0.15, 0.2) is 66.9 Å². The molecule has 1 aromatic heterocycles. The van der Waals surface area contributed by atoms with Crippen LogP contribution in [0.2, 0.25) is 0 Å². The van der Waals surface area contributed by atoms with Crippen molar-refractivity contribution in [3.8, 4) is 0 Å². The molecule has 3 atom stereocenters. The SMILES string of the molecule is N=C(N)N[C@H]1CN[C@H](C(=O)N[C@H](CCc2ccccc2)C(=O)Nc2cnc3ccccc3c2)C1. The molecule has 1 saturated heterocycles. The molecule has 0 radical (unpaired) electrons. The second kappa shape index (κ2) is 10.8. The summed E-state index contributed by atoms with van der Waals surface area (Å²) in [4.78, 5) is 30.5. The molecule has 9 nitrogen and oxygen atoms in total. The van der Waals surface area contributed by atoms with Gasteiger partial charge in [-0.3, -0.25) is 20.0 Å².